The van der Waals surface area contributed by atoms with Crippen LogP contribution in [0.1, 0.15) is 32.3 Å². The van der Waals surface area contributed by atoms with Crippen molar-refractivity contribution in [2.45, 2.75) is 39.3 Å². The summed E-state index contributed by atoms with van der Waals surface area (Å²) >= 11 is 0. The molecule has 0 spiro atoms. The van der Waals surface area contributed by atoms with E-state index in [2.05, 4.69) is 30.9 Å². The summed E-state index contributed by atoms with van der Waals surface area (Å²) in [5.74, 6) is 0.737. The van der Waals surface area contributed by atoms with E-state index >= 15 is 0 Å². The lowest BCUT2D eigenvalue weighted by molar-refractivity contribution is 0.280. The highest BCUT2D eigenvalue weighted by atomic mass is 16.3. The molecule has 2 nitrogen and oxygen atoms in total. The Labute approximate surface area is 97.9 Å². The van der Waals surface area contributed by atoms with E-state index in [1.807, 2.05) is 12.1 Å². The Bertz CT molecular complexity index is 350. The van der Waals surface area contributed by atoms with Gasteiger partial charge >= 0.3 is 0 Å². The Morgan fingerprint density at radius 3 is 2.81 bits per heavy atom. The molecule has 1 aromatic carbocycles. The average molecular weight is 219 g/mol. The number of hydrogen-bond donors (Lipinski definition) is 1. The highest BCUT2D eigenvalue weighted by Crippen LogP contribution is 2.30. The molecule has 16 heavy (non-hydrogen) atoms. The molecule has 2 rings (SSSR count). The Morgan fingerprint density at radius 1 is 1.31 bits per heavy atom. The molecule has 1 aliphatic heterocycles. The zero-order chi connectivity index (χ0) is 11.5. The van der Waals surface area contributed by atoms with E-state index in [4.69, 9.17) is 0 Å². The van der Waals surface area contributed by atoms with Gasteiger partial charge in [-0.05, 0) is 31.7 Å². The molecular weight excluding hydrogens is 198 g/mol. The van der Waals surface area contributed by atoms with Gasteiger partial charge in [-0.1, -0.05) is 25.1 Å². The van der Waals surface area contributed by atoms with Crippen molar-refractivity contribution in [3.8, 4) is 0 Å². The molecule has 1 fully saturated rings. The van der Waals surface area contributed by atoms with E-state index < -0.39 is 0 Å². The molecule has 0 bridgehead atoms. The molecule has 0 radical (unpaired) electrons. The summed E-state index contributed by atoms with van der Waals surface area (Å²) in [6.07, 6.45) is 2.57. The minimum absolute atomic E-state index is 0.133. The lowest BCUT2D eigenvalue weighted by atomic mass is 9.91. The van der Waals surface area contributed by atoms with Crippen molar-refractivity contribution in [1.82, 2.24) is 0 Å². The summed E-state index contributed by atoms with van der Waals surface area (Å²) in [5.41, 5.74) is 2.26. The number of aliphatic hydroxyl groups excluding tert-OH is 1. The van der Waals surface area contributed by atoms with Gasteiger partial charge in [0, 0.05) is 23.8 Å². The summed E-state index contributed by atoms with van der Waals surface area (Å²) in [5, 5.41) is 9.37. The Hall–Kier alpha value is -1.02. The van der Waals surface area contributed by atoms with Crippen molar-refractivity contribution in [2.24, 2.45) is 5.92 Å². The fourth-order valence-electron chi connectivity index (χ4n) is 2.60. The smallest absolute Gasteiger partial charge is 0.0702 e. The second kappa shape index (κ2) is 4.88. The third kappa shape index (κ3) is 2.07. The van der Waals surface area contributed by atoms with Crippen LogP contribution in [0.2, 0.25) is 0 Å². The van der Waals surface area contributed by atoms with Crippen LogP contribution in [0.3, 0.4) is 0 Å². The molecule has 1 saturated heterocycles. The van der Waals surface area contributed by atoms with E-state index in [1.54, 1.807) is 0 Å². The molecule has 1 aliphatic rings. The van der Waals surface area contributed by atoms with Crippen LogP contribution >= 0.6 is 0 Å². The number of benzene rings is 1. The van der Waals surface area contributed by atoms with Crippen molar-refractivity contribution < 1.29 is 5.11 Å². The van der Waals surface area contributed by atoms with Crippen LogP contribution in [0.4, 0.5) is 5.69 Å². The summed E-state index contributed by atoms with van der Waals surface area (Å²) < 4.78 is 0. The summed E-state index contributed by atoms with van der Waals surface area (Å²) in [6, 6.07) is 8.76. The molecule has 0 amide bonds. The molecule has 2 unspecified atom stereocenters. The third-order valence-electron chi connectivity index (χ3n) is 3.85. The number of nitrogens with zero attached hydrogens (tertiary/aromatic N) is 1. The van der Waals surface area contributed by atoms with Gasteiger partial charge in [0.1, 0.15) is 0 Å². The van der Waals surface area contributed by atoms with Gasteiger partial charge in [-0.25, -0.2) is 0 Å². The zero-order valence-electron chi connectivity index (χ0n) is 10.2. The van der Waals surface area contributed by atoms with Gasteiger partial charge < -0.3 is 10.0 Å². The highest BCUT2D eigenvalue weighted by Gasteiger charge is 2.25. The van der Waals surface area contributed by atoms with E-state index in [9.17, 15) is 5.11 Å². The van der Waals surface area contributed by atoms with Crippen LogP contribution in [0, 0.1) is 5.92 Å². The van der Waals surface area contributed by atoms with Crippen molar-refractivity contribution >= 4 is 5.69 Å². The van der Waals surface area contributed by atoms with Crippen LogP contribution in [-0.4, -0.2) is 17.7 Å². The molecule has 2 heteroatoms. The molecule has 1 aromatic rings. The number of hydrogen-bond acceptors (Lipinski definition) is 2. The fourth-order valence-corrected chi connectivity index (χ4v) is 2.60. The van der Waals surface area contributed by atoms with E-state index in [-0.39, 0.29) is 6.61 Å². The van der Waals surface area contributed by atoms with Gasteiger partial charge in [-0.15, -0.1) is 0 Å². The summed E-state index contributed by atoms with van der Waals surface area (Å²) in [7, 11) is 0. The van der Waals surface area contributed by atoms with Crippen LogP contribution in [0.15, 0.2) is 24.3 Å². The second-order valence-electron chi connectivity index (χ2n) is 4.84. The monoisotopic (exact) mass is 219 g/mol. The average Bonchev–Trinajstić information content (AvgIpc) is 2.33. The minimum atomic E-state index is 0.133. The van der Waals surface area contributed by atoms with Crippen molar-refractivity contribution in [3.63, 3.8) is 0 Å². The largest absolute Gasteiger partial charge is 0.392 e. The third-order valence-corrected chi connectivity index (χ3v) is 3.85. The molecule has 88 valence electrons. The van der Waals surface area contributed by atoms with Crippen LogP contribution in [0.5, 0.6) is 0 Å². The zero-order valence-corrected chi connectivity index (χ0v) is 10.2. The molecule has 0 aliphatic carbocycles. The van der Waals surface area contributed by atoms with Crippen LogP contribution < -0.4 is 4.90 Å². The van der Waals surface area contributed by atoms with Gasteiger partial charge in [0.25, 0.3) is 0 Å². The molecule has 1 heterocycles. The first-order chi connectivity index (χ1) is 7.74. The maximum atomic E-state index is 9.37. The Balaban J connectivity index is 2.28. The maximum absolute atomic E-state index is 9.37. The number of aliphatic hydroxyl groups is 1. The van der Waals surface area contributed by atoms with Crippen molar-refractivity contribution in [1.29, 1.82) is 0 Å². The molecule has 0 aromatic heterocycles. The number of rotatable bonds is 2. The number of anilines is 1. The highest BCUT2D eigenvalue weighted by molar-refractivity contribution is 5.54. The lowest BCUT2D eigenvalue weighted by Crippen LogP contribution is -2.42. The van der Waals surface area contributed by atoms with Gasteiger partial charge in [0.05, 0.1) is 6.61 Å². The predicted octanol–water partition coefficient (Wildman–Crippen LogP) is 2.80. The molecule has 1 N–H and O–H groups in total. The van der Waals surface area contributed by atoms with Gasteiger partial charge in [0.2, 0.25) is 0 Å². The standard InChI is InChI=1S/C14H21NO/c1-11-6-5-9-15(12(11)2)14-8-4-3-7-13(14)10-16/h3-4,7-8,11-12,16H,5-6,9-10H2,1-2H3. The minimum Gasteiger partial charge on any atom is -0.392 e. The summed E-state index contributed by atoms with van der Waals surface area (Å²) in [4.78, 5) is 2.44. The van der Waals surface area contributed by atoms with E-state index in [1.165, 1.54) is 18.5 Å². The van der Waals surface area contributed by atoms with Gasteiger partial charge in [0.15, 0.2) is 0 Å². The lowest BCUT2D eigenvalue weighted by Gasteiger charge is -2.40. The van der Waals surface area contributed by atoms with Crippen LogP contribution in [0.25, 0.3) is 0 Å². The summed E-state index contributed by atoms with van der Waals surface area (Å²) in [6.45, 7) is 5.85. The molecule has 2 atom stereocenters. The quantitative estimate of drug-likeness (QED) is 0.826. The number of para-hydroxylation sites is 1. The van der Waals surface area contributed by atoms with E-state index in [0.717, 1.165) is 18.0 Å². The Morgan fingerprint density at radius 2 is 2.06 bits per heavy atom. The van der Waals surface area contributed by atoms with Crippen molar-refractivity contribution in [2.75, 3.05) is 11.4 Å². The van der Waals surface area contributed by atoms with Gasteiger partial charge in [-0.2, -0.15) is 0 Å². The number of piperidine rings is 1. The normalized spacial score (nSPS) is 25.8. The molecule has 0 saturated carbocycles. The fraction of sp³-hybridized carbons (Fsp3) is 0.571. The predicted molar refractivity (Wildman–Crippen MR) is 67.6 cm³/mol. The van der Waals surface area contributed by atoms with E-state index in [0.29, 0.717) is 6.04 Å². The second-order valence-corrected chi connectivity index (χ2v) is 4.84. The van der Waals surface area contributed by atoms with Crippen LogP contribution in [-0.2, 0) is 6.61 Å². The first-order valence-corrected chi connectivity index (χ1v) is 6.19. The SMILES string of the molecule is CC1CCCN(c2ccccc2CO)C1C. The topological polar surface area (TPSA) is 23.5 Å². The molecular formula is C14H21NO. The maximum Gasteiger partial charge on any atom is 0.0702 e. The van der Waals surface area contributed by atoms with Gasteiger partial charge in [-0.3, -0.25) is 0 Å². The Kier molecular flexibility index (Phi) is 3.49. The van der Waals surface area contributed by atoms with Crippen molar-refractivity contribution in [3.05, 3.63) is 29.8 Å². The first-order valence-electron chi connectivity index (χ1n) is 6.19. The first kappa shape index (κ1) is 11.5.